The Balaban J connectivity index is 0.00000450. The van der Waals surface area contributed by atoms with Crippen LogP contribution in [0.1, 0.15) is 49.5 Å². The number of methoxy groups -OCH3 is 1. The second kappa shape index (κ2) is 13.1. The molecule has 2 aromatic rings. The number of ether oxygens (including phenoxy) is 2. The van der Waals surface area contributed by atoms with E-state index in [1.807, 2.05) is 6.07 Å². The number of guanidine groups is 1. The molecular weight excluding hydrogens is 511 g/mol. The molecule has 0 aliphatic rings. The summed E-state index contributed by atoms with van der Waals surface area (Å²) in [5.74, 6) is 1.62. The molecule has 168 valence electrons. The molecular formula is C22H35IN4O2S. The predicted octanol–water partition coefficient (Wildman–Crippen LogP) is 4.65. The van der Waals surface area contributed by atoms with Crippen LogP contribution in [0.15, 0.2) is 28.6 Å². The van der Waals surface area contributed by atoms with Crippen LogP contribution in [0.2, 0.25) is 0 Å². The molecule has 0 unspecified atom stereocenters. The number of aryl methyl sites for hydroxylation is 1. The van der Waals surface area contributed by atoms with E-state index in [0.717, 1.165) is 40.1 Å². The van der Waals surface area contributed by atoms with E-state index in [9.17, 15) is 0 Å². The van der Waals surface area contributed by atoms with Crippen LogP contribution in [0.25, 0.3) is 0 Å². The van der Waals surface area contributed by atoms with E-state index in [-0.39, 0.29) is 29.4 Å². The molecule has 1 aromatic heterocycles. The lowest BCUT2D eigenvalue weighted by molar-refractivity contribution is 0.145. The number of halogens is 1. The highest BCUT2D eigenvalue weighted by atomic mass is 127. The van der Waals surface area contributed by atoms with Crippen molar-refractivity contribution in [2.75, 3.05) is 26.9 Å². The number of nitrogens with one attached hydrogen (secondary N) is 2. The summed E-state index contributed by atoms with van der Waals surface area (Å²) >= 11 is 1.71. The molecule has 0 aliphatic carbocycles. The molecule has 0 amide bonds. The third-order valence-electron chi connectivity index (χ3n) is 4.15. The summed E-state index contributed by atoms with van der Waals surface area (Å²) in [7, 11) is 1.67. The van der Waals surface area contributed by atoms with Gasteiger partial charge in [0.15, 0.2) is 5.96 Å². The van der Waals surface area contributed by atoms with Gasteiger partial charge in [-0.25, -0.2) is 9.98 Å². The van der Waals surface area contributed by atoms with Gasteiger partial charge in [-0.05, 0) is 25.5 Å². The van der Waals surface area contributed by atoms with Crippen LogP contribution in [-0.4, -0.2) is 37.8 Å². The van der Waals surface area contributed by atoms with Crippen LogP contribution < -0.4 is 15.4 Å². The minimum absolute atomic E-state index is 0. The van der Waals surface area contributed by atoms with E-state index in [4.69, 9.17) is 19.5 Å². The van der Waals surface area contributed by atoms with Crippen LogP contribution in [0, 0.1) is 6.92 Å². The van der Waals surface area contributed by atoms with Gasteiger partial charge in [0.1, 0.15) is 12.4 Å². The van der Waals surface area contributed by atoms with E-state index in [1.165, 1.54) is 0 Å². The van der Waals surface area contributed by atoms with E-state index in [2.05, 4.69) is 62.8 Å². The zero-order valence-corrected chi connectivity index (χ0v) is 22.0. The molecule has 0 radical (unpaired) electrons. The van der Waals surface area contributed by atoms with E-state index >= 15 is 0 Å². The zero-order chi connectivity index (χ0) is 21.3. The van der Waals surface area contributed by atoms with E-state index < -0.39 is 0 Å². The quantitative estimate of drug-likeness (QED) is 0.208. The maximum absolute atomic E-state index is 5.87. The van der Waals surface area contributed by atoms with Crippen molar-refractivity contribution < 1.29 is 9.47 Å². The number of aromatic nitrogens is 1. The lowest BCUT2D eigenvalue weighted by atomic mass is 9.98. The largest absolute Gasteiger partial charge is 0.491 e. The van der Waals surface area contributed by atoms with Crippen LogP contribution in [0.4, 0.5) is 0 Å². The fraction of sp³-hybridized carbons (Fsp3) is 0.545. The molecule has 6 nitrogen and oxygen atoms in total. The number of thiazole rings is 1. The maximum Gasteiger partial charge on any atom is 0.191 e. The van der Waals surface area contributed by atoms with Crippen molar-refractivity contribution in [2.45, 2.75) is 53.1 Å². The van der Waals surface area contributed by atoms with Gasteiger partial charge in [-0.15, -0.1) is 35.3 Å². The third-order valence-corrected chi connectivity index (χ3v) is 5.47. The molecule has 1 aromatic carbocycles. The van der Waals surface area contributed by atoms with Gasteiger partial charge in [0.05, 0.1) is 30.4 Å². The molecule has 0 atom stereocenters. The van der Waals surface area contributed by atoms with Crippen LogP contribution >= 0.6 is 35.3 Å². The second-order valence-corrected chi connectivity index (χ2v) is 8.75. The molecule has 0 fully saturated rings. The number of nitrogens with zero attached hydrogens (tertiary/aromatic N) is 2. The Labute approximate surface area is 201 Å². The summed E-state index contributed by atoms with van der Waals surface area (Å²) in [6, 6.07) is 6.20. The van der Waals surface area contributed by atoms with Gasteiger partial charge in [0.2, 0.25) is 0 Å². The molecule has 2 rings (SSSR count). The lowest BCUT2D eigenvalue weighted by Gasteiger charge is -2.14. The minimum Gasteiger partial charge on any atom is -0.491 e. The number of hydrogen-bond donors (Lipinski definition) is 2. The Kier molecular flexibility index (Phi) is 11.6. The number of benzene rings is 1. The number of hydrogen-bond acceptors (Lipinski definition) is 5. The summed E-state index contributed by atoms with van der Waals surface area (Å²) in [6.07, 6.45) is 0. The molecule has 8 heteroatoms. The SMILES string of the molecule is CCNC(=NCc1ccc(C)cc1OCCOC)NCc1csc(C(C)(C)C)n1.I. The zero-order valence-electron chi connectivity index (χ0n) is 18.9. The van der Waals surface area contributed by atoms with Gasteiger partial charge >= 0.3 is 0 Å². The van der Waals surface area contributed by atoms with Crippen molar-refractivity contribution in [3.05, 3.63) is 45.4 Å². The second-order valence-electron chi connectivity index (χ2n) is 7.90. The Morgan fingerprint density at radius 3 is 2.60 bits per heavy atom. The molecule has 1 heterocycles. The fourth-order valence-electron chi connectivity index (χ4n) is 2.57. The normalized spacial score (nSPS) is 11.7. The highest BCUT2D eigenvalue weighted by molar-refractivity contribution is 14.0. The highest BCUT2D eigenvalue weighted by Crippen LogP contribution is 2.25. The molecule has 0 aliphatic heterocycles. The Bertz CT molecular complexity index is 803. The molecule has 0 spiro atoms. The van der Waals surface area contributed by atoms with Crippen molar-refractivity contribution >= 4 is 41.3 Å². The minimum atomic E-state index is 0. The monoisotopic (exact) mass is 546 g/mol. The Hall–Kier alpha value is -1.39. The first kappa shape index (κ1) is 26.6. The highest BCUT2D eigenvalue weighted by Gasteiger charge is 2.17. The maximum atomic E-state index is 5.87. The van der Waals surface area contributed by atoms with Crippen molar-refractivity contribution in [3.8, 4) is 5.75 Å². The number of aliphatic imine (C=N–C) groups is 1. The summed E-state index contributed by atoms with van der Waals surface area (Å²) < 4.78 is 11.0. The molecule has 0 saturated carbocycles. The smallest absolute Gasteiger partial charge is 0.191 e. The summed E-state index contributed by atoms with van der Waals surface area (Å²) in [4.78, 5) is 9.47. The third kappa shape index (κ3) is 8.77. The lowest BCUT2D eigenvalue weighted by Crippen LogP contribution is -2.36. The summed E-state index contributed by atoms with van der Waals surface area (Å²) in [6.45, 7) is 13.7. The van der Waals surface area contributed by atoms with Crippen molar-refractivity contribution in [2.24, 2.45) is 4.99 Å². The molecule has 0 bridgehead atoms. The van der Waals surface area contributed by atoms with E-state index in [1.54, 1.807) is 18.4 Å². The van der Waals surface area contributed by atoms with Gasteiger partial charge in [-0.3, -0.25) is 0 Å². The summed E-state index contributed by atoms with van der Waals surface area (Å²) in [5, 5.41) is 9.93. The Morgan fingerprint density at radius 1 is 1.20 bits per heavy atom. The first-order valence-electron chi connectivity index (χ1n) is 10.0. The topological polar surface area (TPSA) is 67.8 Å². The average molecular weight is 547 g/mol. The van der Waals surface area contributed by atoms with Crippen molar-refractivity contribution in [1.82, 2.24) is 15.6 Å². The molecule has 2 N–H and O–H groups in total. The van der Waals surface area contributed by atoms with Gasteiger partial charge in [0, 0.05) is 30.0 Å². The van der Waals surface area contributed by atoms with Crippen molar-refractivity contribution in [3.63, 3.8) is 0 Å². The first-order chi connectivity index (χ1) is 13.8. The van der Waals surface area contributed by atoms with Gasteiger partial charge in [-0.2, -0.15) is 0 Å². The fourth-order valence-corrected chi connectivity index (χ4v) is 3.48. The van der Waals surface area contributed by atoms with Gasteiger partial charge in [0.25, 0.3) is 0 Å². The van der Waals surface area contributed by atoms with E-state index in [0.29, 0.717) is 26.3 Å². The van der Waals surface area contributed by atoms with Gasteiger partial charge < -0.3 is 20.1 Å². The van der Waals surface area contributed by atoms with Crippen LogP contribution in [-0.2, 0) is 23.2 Å². The summed E-state index contributed by atoms with van der Waals surface area (Å²) in [5.41, 5.74) is 3.32. The standard InChI is InChI=1S/C22H34N4O2S.HI/c1-7-23-21(25-14-18-15-29-20(26-18)22(3,4)5)24-13-17-9-8-16(2)12-19(17)28-11-10-27-6;/h8-9,12,15H,7,10-11,13-14H2,1-6H3,(H2,23,24,25);1H. The first-order valence-corrected chi connectivity index (χ1v) is 10.9. The average Bonchev–Trinajstić information content (AvgIpc) is 3.15. The van der Waals surface area contributed by atoms with Crippen LogP contribution in [0.5, 0.6) is 5.75 Å². The van der Waals surface area contributed by atoms with Crippen molar-refractivity contribution in [1.29, 1.82) is 0 Å². The molecule has 0 saturated heterocycles. The predicted molar refractivity (Wildman–Crippen MR) is 136 cm³/mol. The molecule has 30 heavy (non-hydrogen) atoms. The number of rotatable bonds is 9. The van der Waals surface area contributed by atoms with Gasteiger partial charge in [-0.1, -0.05) is 32.9 Å². The Morgan fingerprint density at radius 2 is 1.97 bits per heavy atom. The van der Waals surface area contributed by atoms with Crippen LogP contribution in [0.3, 0.4) is 0 Å².